The van der Waals surface area contributed by atoms with Crippen molar-refractivity contribution in [2.24, 2.45) is 0 Å². The van der Waals surface area contributed by atoms with Gasteiger partial charge in [-0.25, -0.2) is 17.6 Å². The number of fused-ring (bicyclic) bond motifs is 1. The summed E-state index contributed by atoms with van der Waals surface area (Å²) in [5.41, 5.74) is 4.49. The Morgan fingerprint density at radius 2 is 1.50 bits per heavy atom. The molecule has 0 spiro atoms. The van der Waals surface area contributed by atoms with E-state index in [2.05, 4.69) is 0 Å². The van der Waals surface area contributed by atoms with Crippen molar-refractivity contribution in [1.82, 2.24) is 0 Å². The number of hydrogen-bond donors (Lipinski definition) is 0. The topological polar surface area (TPSA) is 0 Å². The fourth-order valence-electron chi connectivity index (χ4n) is 3.65. The van der Waals surface area contributed by atoms with Gasteiger partial charge in [0, 0.05) is 11.1 Å². The van der Waals surface area contributed by atoms with Crippen LogP contribution in [0.15, 0.2) is 54.6 Å². The Morgan fingerprint density at radius 1 is 0.714 bits per heavy atom. The van der Waals surface area contributed by atoms with Gasteiger partial charge in [-0.3, -0.25) is 0 Å². The fourth-order valence-corrected chi connectivity index (χ4v) is 3.65. The minimum Gasteiger partial charge on any atom is -0.206 e. The molecule has 0 aromatic heterocycles. The molecule has 4 heteroatoms. The molecule has 0 saturated carbocycles. The van der Waals surface area contributed by atoms with E-state index in [1.165, 1.54) is 12.1 Å². The van der Waals surface area contributed by atoms with Gasteiger partial charge in [0.15, 0.2) is 11.6 Å². The van der Waals surface area contributed by atoms with Gasteiger partial charge in [0.25, 0.3) is 0 Å². The van der Waals surface area contributed by atoms with E-state index in [4.69, 9.17) is 0 Å². The number of aryl methyl sites for hydroxylation is 1. The van der Waals surface area contributed by atoms with Gasteiger partial charge in [-0.15, -0.1) is 0 Å². The van der Waals surface area contributed by atoms with E-state index in [9.17, 15) is 17.6 Å². The molecule has 0 aliphatic heterocycles. The molecule has 142 valence electrons. The molecule has 0 radical (unpaired) electrons. The standard InChI is InChI=1S/C24H18F4/c1-2-14-3-7-19(22(26)9-14)16-5-4-15-11-20(23(27)13-18(15)10-16)17-6-8-21(25)24(28)12-17/h3,5-9,11-13H,2,4,10H2,1H3. The zero-order valence-corrected chi connectivity index (χ0v) is 15.3. The largest absolute Gasteiger partial charge is 0.206 e. The molecule has 0 amide bonds. The lowest BCUT2D eigenvalue weighted by Crippen LogP contribution is -2.06. The summed E-state index contributed by atoms with van der Waals surface area (Å²) in [5, 5.41) is 0. The van der Waals surface area contributed by atoms with Crippen molar-refractivity contribution in [2.45, 2.75) is 26.2 Å². The van der Waals surface area contributed by atoms with Crippen LogP contribution in [0, 0.1) is 23.3 Å². The molecule has 0 fully saturated rings. The van der Waals surface area contributed by atoms with Gasteiger partial charge >= 0.3 is 0 Å². The Bertz CT molecular complexity index is 1100. The van der Waals surface area contributed by atoms with E-state index in [0.29, 0.717) is 18.4 Å². The summed E-state index contributed by atoms with van der Waals surface area (Å²) in [4.78, 5) is 0. The highest BCUT2D eigenvalue weighted by atomic mass is 19.2. The molecule has 28 heavy (non-hydrogen) atoms. The van der Waals surface area contributed by atoms with Gasteiger partial charge in [-0.2, -0.15) is 0 Å². The number of benzene rings is 3. The van der Waals surface area contributed by atoms with Gasteiger partial charge in [-0.05, 0) is 77.4 Å². The highest BCUT2D eigenvalue weighted by Gasteiger charge is 2.19. The van der Waals surface area contributed by atoms with Gasteiger partial charge < -0.3 is 0 Å². The first-order valence-corrected chi connectivity index (χ1v) is 9.20. The molecule has 0 heterocycles. The predicted octanol–water partition coefficient (Wildman–Crippen LogP) is 6.65. The first kappa shape index (κ1) is 18.5. The van der Waals surface area contributed by atoms with Gasteiger partial charge in [0.2, 0.25) is 0 Å². The summed E-state index contributed by atoms with van der Waals surface area (Å²) >= 11 is 0. The zero-order chi connectivity index (χ0) is 19.8. The number of rotatable bonds is 3. The van der Waals surface area contributed by atoms with Crippen molar-refractivity contribution in [3.63, 3.8) is 0 Å². The van der Waals surface area contributed by atoms with Gasteiger partial charge in [0.1, 0.15) is 11.6 Å². The first-order chi connectivity index (χ1) is 13.5. The summed E-state index contributed by atoms with van der Waals surface area (Å²) in [6, 6.07) is 11.6. The monoisotopic (exact) mass is 382 g/mol. The van der Waals surface area contributed by atoms with Crippen LogP contribution in [0.2, 0.25) is 0 Å². The van der Waals surface area contributed by atoms with Crippen molar-refractivity contribution >= 4 is 5.57 Å². The normalized spacial score (nSPS) is 13.2. The minimum atomic E-state index is -1.01. The fraction of sp³-hybridized carbons (Fsp3) is 0.167. The molecule has 3 aromatic carbocycles. The number of hydrogen-bond acceptors (Lipinski definition) is 0. The maximum absolute atomic E-state index is 14.7. The number of halogens is 4. The van der Waals surface area contributed by atoms with Crippen LogP contribution in [-0.4, -0.2) is 0 Å². The summed E-state index contributed by atoms with van der Waals surface area (Å²) in [6.07, 6.45) is 3.65. The molecule has 4 rings (SSSR count). The number of allylic oxidation sites excluding steroid dienone is 2. The highest BCUT2D eigenvalue weighted by Crippen LogP contribution is 2.34. The molecular weight excluding hydrogens is 364 g/mol. The highest BCUT2D eigenvalue weighted by molar-refractivity contribution is 5.73. The second kappa shape index (κ2) is 7.27. The Morgan fingerprint density at radius 3 is 2.21 bits per heavy atom. The quantitative estimate of drug-likeness (QED) is 0.445. The van der Waals surface area contributed by atoms with Crippen LogP contribution in [0.3, 0.4) is 0 Å². The SMILES string of the molecule is CCc1ccc(C2=CCc3cc(-c4ccc(F)c(F)c4)c(F)cc3C2)c(F)c1. The van der Waals surface area contributed by atoms with Gasteiger partial charge in [0.05, 0.1) is 0 Å². The zero-order valence-electron chi connectivity index (χ0n) is 15.3. The third-order valence-corrected chi connectivity index (χ3v) is 5.26. The average molecular weight is 382 g/mol. The Kier molecular flexibility index (Phi) is 4.80. The maximum atomic E-state index is 14.7. The lowest BCUT2D eigenvalue weighted by molar-refractivity contribution is 0.509. The summed E-state index contributed by atoms with van der Waals surface area (Å²) in [6.45, 7) is 1.97. The molecule has 0 bridgehead atoms. The molecule has 0 unspecified atom stereocenters. The molecule has 1 aliphatic rings. The smallest absolute Gasteiger partial charge is 0.159 e. The maximum Gasteiger partial charge on any atom is 0.159 e. The Balaban J connectivity index is 1.68. The van der Waals surface area contributed by atoms with Crippen molar-refractivity contribution < 1.29 is 17.6 Å². The van der Waals surface area contributed by atoms with Gasteiger partial charge in [-0.1, -0.05) is 31.2 Å². The molecule has 3 aromatic rings. The van der Waals surface area contributed by atoms with Crippen LogP contribution in [0.25, 0.3) is 16.7 Å². The Hall–Kier alpha value is -2.88. The average Bonchev–Trinajstić information content (AvgIpc) is 2.69. The minimum absolute atomic E-state index is 0.230. The molecule has 0 atom stereocenters. The summed E-state index contributed by atoms with van der Waals surface area (Å²) < 4.78 is 55.8. The van der Waals surface area contributed by atoms with Crippen LogP contribution < -0.4 is 0 Å². The van der Waals surface area contributed by atoms with Crippen molar-refractivity contribution in [3.8, 4) is 11.1 Å². The lowest BCUT2D eigenvalue weighted by Gasteiger charge is -2.20. The summed E-state index contributed by atoms with van der Waals surface area (Å²) in [7, 11) is 0. The third-order valence-electron chi connectivity index (χ3n) is 5.26. The van der Waals surface area contributed by atoms with E-state index < -0.39 is 17.5 Å². The van der Waals surface area contributed by atoms with Crippen LogP contribution >= 0.6 is 0 Å². The molecular formula is C24H18F4. The van der Waals surface area contributed by atoms with Crippen LogP contribution in [0.5, 0.6) is 0 Å². The first-order valence-electron chi connectivity index (χ1n) is 9.20. The van der Waals surface area contributed by atoms with Crippen molar-refractivity contribution in [1.29, 1.82) is 0 Å². The van der Waals surface area contributed by atoms with Crippen LogP contribution in [0.4, 0.5) is 17.6 Å². The van der Waals surface area contributed by atoms with Crippen LogP contribution in [0.1, 0.15) is 29.2 Å². The Labute approximate surface area is 161 Å². The van der Waals surface area contributed by atoms with E-state index >= 15 is 0 Å². The van der Waals surface area contributed by atoms with E-state index in [-0.39, 0.29) is 16.9 Å². The second-order valence-corrected chi connectivity index (χ2v) is 7.01. The second-order valence-electron chi connectivity index (χ2n) is 7.01. The van der Waals surface area contributed by atoms with E-state index in [1.54, 1.807) is 18.2 Å². The molecule has 1 aliphatic carbocycles. The van der Waals surface area contributed by atoms with Crippen molar-refractivity contribution in [2.75, 3.05) is 0 Å². The lowest BCUT2D eigenvalue weighted by atomic mass is 9.85. The van der Waals surface area contributed by atoms with E-state index in [0.717, 1.165) is 40.8 Å². The third kappa shape index (κ3) is 3.35. The molecule has 0 saturated heterocycles. The molecule has 0 N–H and O–H groups in total. The summed E-state index contributed by atoms with van der Waals surface area (Å²) in [5.74, 6) is -2.76. The predicted molar refractivity (Wildman–Crippen MR) is 103 cm³/mol. The van der Waals surface area contributed by atoms with Crippen molar-refractivity contribution in [3.05, 3.63) is 100 Å². The van der Waals surface area contributed by atoms with Crippen LogP contribution in [-0.2, 0) is 19.3 Å². The van der Waals surface area contributed by atoms with E-state index in [1.807, 2.05) is 19.1 Å². The molecule has 0 nitrogen and oxygen atoms in total.